The zero-order valence-corrected chi connectivity index (χ0v) is 17.0. The van der Waals surface area contributed by atoms with Crippen molar-refractivity contribution in [1.82, 2.24) is 4.90 Å². The summed E-state index contributed by atoms with van der Waals surface area (Å²) in [6, 6.07) is 14.2. The van der Waals surface area contributed by atoms with Gasteiger partial charge in [0.05, 0.1) is 12.3 Å². The molecular weight excluding hydrogens is 383 g/mol. The van der Waals surface area contributed by atoms with Gasteiger partial charge in [0.2, 0.25) is 11.8 Å². The highest BCUT2D eigenvalue weighted by Crippen LogP contribution is 2.33. The summed E-state index contributed by atoms with van der Waals surface area (Å²) >= 11 is 0. The third kappa shape index (κ3) is 4.99. The predicted molar refractivity (Wildman–Crippen MR) is 113 cm³/mol. The zero-order chi connectivity index (χ0) is 20.9. The molecule has 0 radical (unpaired) electrons. The van der Waals surface area contributed by atoms with Crippen molar-refractivity contribution in [1.29, 1.82) is 0 Å². The summed E-state index contributed by atoms with van der Waals surface area (Å²) in [5.41, 5.74) is 1.55. The lowest BCUT2D eigenvalue weighted by Gasteiger charge is -2.39. The number of rotatable bonds is 3. The number of hydrogen-bond donors (Lipinski definition) is 1. The molecule has 2 aromatic rings. The second kappa shape index (κ2) is 9.28. The molecule has 2 heterocycles. The van der Waals surface area contributed by atoms with E-state index in [2.05, 4.69) is 5.32 Å². The smallest absolute Gasteiger partial charge is 0.224 e. The largest absolute Gasteiger partial charge is 0.491 e. The van der Waals surface area contributed by atoms with E-state index in [0.29, 0.717) is 44.0 Å². The van der Waals surface area contributed by atoms with Gasteiger partial charge in [0.25, 0.3) is 0 Å². The average molecular weight is 410 g/mol. The van der Waals surface area contributed by atoms with Gasteiger partial charge in [0.1, 0.15) is 11.6 Å². The molecule has 1 saturated heterocycles. The molecule has 0 aromatic heterocycles. The topological polar surface area (TPSA) is 58.6 Å². The third-order valence-electron chi connectivity index (χ3n) is 6.12. The Kier molecular flexibility index (Phi) is 6.31. The highest BCUT2D eigenvalue weighted by Gasteiger charge is 2.33. The third-order valence-corrected chi connectivity index (χ3v) is 6.12. The second-order valence-electron chi connectivity index (χ2n) is 8.16. The van der Waals surface area contributed by atoms with Crippen molar-refractivity contribution < 1.29 is 18.7 Å². The van der Waals surface area contributed by atoms with Crippen LogP contribution in [-0.4, -0.2) is 36.4 Å². The molecule has 6 heteroatoms. The molecule has 0 spiro atoms. The Morgan fingerprint density at radius 3 is 2.80 bits per heavy atom. The van der Waals surface area contributed by atoms with Crippen molar-refractivity contribution >= 4 is 17.5 Å². The number of likely N-dealkylation sites (tertiary alicyclic amines) is 1. The highest BCUT2D eigenvalue weighted by atomic mass is 19.1. The van der Waals surface area contributed by atoms with Gasteiger partial charge in [-0.15, -0.1) is 0 Å². The normalized spacial score (nSPS) is 21.6. The van der Waals surface area contributed by atoms with Crippen molar-refractivity contribution in [3.63, 3.8) is 0 Å². The number of carbonyl (C=O) groups excluding carboxylic acids is 2. The fourth-order valence-electron chi connectivity index (χ4n) is 4.44. The molecule has 0 aliphatic carbocycles. The van der Waals surface area contributed by atoms with Gasteiger partial charge in [-0.1, -0.05) is 30.3 Å². The molecule has 2 atom stereocenters. The minimum Gasteiger partial charge on any atom is -0.491 e. The SMILES string of the molecule is O=C1C[C@@H]2CCN(C(=O)CCc3ccccc3)C[C@@H]2CCOc2ccc(F)cc2N1. The molecule has 30 heavy (non-hydrogen) atoms. The summed E-state index contributed by atoms with van der Waals surface area (Å²) in [5, 5.41) is 2.79. The molecule has 1 N–H and O–H groups in total. The van der Waals surface area contributed by atoms with E-state index in [1.54, 1.807) is 6.07 Å². The van der Waals surface area contributed by atoms with Crippen molar-refractivity contribution in [2.24, 2.45) is 11.8 Å². The van der Waals surface area contributed by atoms with E-state index in [0.717, 1.165) is 19.3 Å². The number of fused-ring (bicyclic) bond motifs is 2. The molecule has 0 saturated carbocycles. The van der Waals surface area contributed by atoms with Crippen LogP contribution in [0.25, 0.3) is 0 Å². The fraction of sp³-hybridized carbons (Fsp3) is 0.417. The van der Waals surface area contributed by atoms with Crippen LogP contribution in [0.3, 0.4) is 0 Å². The van der Waals surface area contributed by atoms with Crippen LogP contribution in [0.4, 0.5) is 10.1 Å². The molecule has 1 fully saturated rings. The van der Waals surface area contributed by atoms with E-state index in [-0.39, 0.29) is 23.7 Å². The lowest BCUT2D eigenvalue weighted by molar-refractivity contribution is -0.134. The summed E-state index contributed by atoms with van der Waals surface area (Å²) in [7, 11) is 0. The number of anilines is 1. The van der Waals surface area contributed by atoms with Gasteiger partial charge in [-0.25, -0.2) is 4.39 Å². The van der Waals surface area contributed by atoms with E-state index in [4.69, 9.17) is 4.74 Å². The first-order chi connectivity index (χ1) is 14.6. The number of halogens is 1. The van der Waals surface area contributed by atoms with Crippen LogP contribution in [0.1, 0.15) is 31.2 Å². The maximum atomic E-state index is 13.6. The summed E-state index contributed by atoms with van der Waals surface area (Å²) in [5.74, 6) is 0.519. The Hall–Kier alpha value is -2.89. The minimum absolute atomic E-state index is 0.133. The Labute approximate surface area is 176 Å². The van der Waals surface area contributed by atoms with E-state index < -0.39 is 5.82 Å². The molecular formula is C24H27FN2O3. The summed E-state index contributed by atoms with van der Waals surface area (Å²) in [6.07, 6.45) is 3.18. The lowest BCUT2D eigenvalue weighted by Crippen LogP contribution is -2.45. The number of ether oxygens (including phenoxy) is 1. The molecule has 2 aromatic carbocycles. The molecule has 0 unspecified atom stereocenters. The number of aryl methyl sites for hydroxylation is 1. The maximum Gasteiger partial charge on any atom is 0.224 e. The van der Waals surface area contributed by atoms with Gasteiger partial charge >= 0.3 is 0 Å². The van der Waals surface area contributed by atoms with Crippen molar-refractivity contribution in [3.05, 3.63) is 59.9 Å². The first-order valence-corrected chi connectivity index (χ1v) is 10.6. The molecule has 158 valence electrons. The molecule has 2 aliphatic heterocycles. The summed E-state index contributed by atoms with van der Waals surface area (Å²) < 4.78 is 19.4. The van der Waals surface area contributed by atoms with Gasteiger partial charge < -0.3 is 15.0 Å². The number of hydrogen-bond acceptors (Lipinski definition) is 3. The fourth-order valence-corrected chi connectivity index (χ4v) is 4.44. The minimum atomic E-state index is -0.407. The Morgan fingerprint density at radius 1 is 1.13 bits per heavy atom. The first kappa shape index (κ1) is 20.4. The van der Waals surface area contributed by atoms with Gasteiger partial charge in [-0.3, -0.25) is 9.59 Å². The van der Waals surface area contributed by atoms with Crippen LogP contribution in [0.5, 0.6) is 5.75 Å². The molecule has 0 bridgehead atoms. The van der Waals surface area contributed by atoms with E-state index in [1.807, 2.05) is 35.2 Å². The Bertz CT molecular complexity index is 903. The molecule has 2 amide bonds. The van der Waals surface area contributed by atoms with Crippen molar-refractivity contribution in [3.8, 4) is 5.75 Å². The molecule has 4 rings (SSSR count). The Morgan fingerprint density at radius 2 is 1.97 bits per heavy atom. The van der Waals surface area contributed by atoms with Crippen LogP contribution < -0.4 is 10.1 Å². The van der Waals surface area contributed by atoms with E-state index in [1.165, 1.54) is 17.7 Å². The van der Waals surface area contributed by atoms with Crippen LogP contribution in [0.15, 0.2) is 48.5 Å². The van der Waals surface area contributed by atoms with Gasteiger partial charge in [0, 0.05) is 32.0 Å². The van der Waals surface area contributed by atoms with E-state index >= 15 is 0 Å². The van der Waals surface area contributed by atoms with Gasteiger partial charge in [-0.2, -0.15) is 0 Å². The van der Waals surface area contributed by atoms with E-state index in [9.17, 15) is 14.0 Å². The number of carbonyl (C=O) groups is 2. The zero-order valence-electron chi connectivity index (χ0n) is 17.0. The maximum absolute atomic E-state index is 13.6. The van der Waals surface area contributed by atoms with Crippen LogP contribution in [-0.2, 0) is 16.0 Å². The number of nitrogens with zero attached hydrogens (tertiary/aromatic N) is 1. The Balaban J connectivity index is 1.39. The summed E-state index contributed by atoms with van der Waals surface area (Å²) in [6.45, 7) is 1.81. The quantitative estimate of drug-likeness (QED) is 0.831. The van der Waals surface area contributed by atoms with Gasteiger partial charge in [0.15, 0.2) is 0 Å². The number of benzene rings is 2. The second-order valence-corrected chi connectivity index (χ2v) is 8.16. The van der Waals surface area contributed by atoms with Crippen LogP contribution >= 0.6 is 0 Å². The first-order valence-electron chi connectivity index (χ1n) is 10.6. The standard InChI is InChI=1S/C24H27FN2O3/c25-20-7-8-22-21(15-20)26-23(28)14-18-10-12-27(16-19(18)11-13-30-22)24(29)9-6-17-4-2-1-3-5-17/h1-5,7-8,15,18-19H,6,9-14,16H2,(H,26,28)/t18-,19-/m0/s1. The lowest BCUT2D eigenvalue weighted by atomic mass is 9.81. The van der Waals surface area contributed by atoms with Crippen LogP contribution in [0, 0.1) is 17.7 Å². The van der Waals surface area contributed by atoms with Gasteiger partial charge in [-0.05, 0) is 48.8 Å². The van der Waals surface area contributed by atoms with Crippen LogP contribution in [0.2, 0.25) is 0 Å². The highest BCUT2D eigenvalue weighted by molar-refractivity contribution is 5.92. The number of nitrogens with one attached hydrogen (secondary N) is 1. The van der Waals surface area contributed by atoms with Crippen molar-refractivity contribution in [2.45, 2.75) is 32.1 Å². The number of piperidine rings is 1. The summed E-state index contributed by atoms with van der Waals surface area (Å²) in [4.78, 5) is 27.2. The van der Waals surface area contributed by atoms with Crippen molar-refractivity contribution in [2.75, 3.05) is 25.0 Å². The average Bonchev–Trinajstić information content (AvgIpc) is 2.75. The molecule has 5 nitrogen and oxygen atoms in total. The predicted octanol–water partition coefficient (Wildman–Crippen LogP) is 4.03. The molecule has 2 aliphatic rings. The number of amides is 2. The monoisotopic (exact) mass is 410 g/mol.